The van der Waals surface area contributed by atoms with Crippen LogP contribution in [0.5, 0.6) is 17.4 Å². The normalized spacial score (nSPS) is 10.2. The molecule has 2 aromatic carbocycles. The number of para-hydroxylation sites is 1. The number of carbonyl (C=O) groups excluding carboxylic acids is 1. The number of benzene rings is 2. The van der Waals surface area contributed by atoms with Gasteiger partial charge in [0.15, 0.2) is 0 Å². The van der Waals surface area contributed by atoms with Crippen molar-refractivity contribution in [2.75, 3.05) is 7.11 Å². The summed E-state index contributed by atoms with van der Waals surface area (Å²) >= 11 is 0. The highest BCUT2D eigenvalue weighted by molar-refractivity contribution is 5.67. The molecule has 0 aliphatic carbocycles. The topological polar surface area (TPSA) is 70.8 Å². The van der Waals surface area contributed by atoms with Gasteiger partial charge in [-0.05, 0) is 43.3 Å². The standard InChI is InChI=1S/C18H15NO5/c1-12-17(24-18(20)22-15-6-4-3-5-7-15)23-16(19-12)13-8-10-14(21-2)11-9-13/h3-11H,1-2H3. The molecular formula is C18H15NO5. The van der Waals surface area contributed by atoms with Crippen LogP contribution in [0.25, 0.3) is 11.5 Å². The van der Waals surface area contributed by atoms with Crippen molar-refractivity contribution in [3.8, 4) is 28.9 Å². The van der Waals surface area contributed by atoms with Gasteiger partial charge in [-0.3, -0.25) is 0 Å². The van der Waals surface area contributed by atoms with Crippen molar-refractivity contribution >= 4 is 6.16 Å². The number of oxazole rings is 1. The smallest absolute Gasteiger partial charge is 0.497 e. The summed E-state index contributed by atoms with van der Waals surface area (Å²) in [5.74, 6) is 1.46. The van der Waals surface area contributed by atoms with Crippen LogP contribution < -0.4 is 14.2 Å². The Labute approximate surface area is 138 Å². The van der Waals surface area contributed by atoms with Crippen molar-refractivity contribution in [2.45, 2.75) is 6.92 Å². The van der Waals surface area contributed by atoms with Crippen LogP contribution in [-0.4, -0.2) is 18.2 Å². The predicted molar refractivity (Wildman–Crippen MR) is 86.3 cm³/mol. The maximum absolute atomic E-state index is 11.8. The van der Waals surface area contributed by atoms with Crippen LogP contribution in [-0.2, 0) is 0 Å². The number of methoxy groups -OCH3 is 1. The van der Waals surface area contributed by atoms with Crippen molar-refractivity contribution in [1.29, 1.82) is 0 Å². The summed E-state index contributed by atoms with van der Waals surface area (Å²) in [5, 5.41) is 0. The molecule has 0 aliphatic rings. The van der Waals surface area contributed by atoms with E-state index in [-0.39, 0.29) is 5.95 Å². The zero-order chi connectivity index (χ0) is 16.9. The zero-order valence-corrected chi connectivity index (χ0v) is 13.2. The number of aryl methyl sites for hydroxylation is 1. The summed E-state index contributed by atoms with van der Waals surface area (Å²) in [5.41, 5.74) is 1.19. The molecule has 0 saturated heterocycles. The number of hydrogen-bond acceptors (Lipinski definition) is 6. The van der Waals surface area contributed by atoms with E-state index in [1.165, 1.54) is 0 Å². The van der Waals surface area contributed by atoms with Gasteiger partial charge in [-0.25, -0.2) is 9.78 Å². The molecule has 24 heavy (non-hydrogen) atoms. The lowest BCUT2D eigenvalue weighted by molar-refractivity contribution is 0.140. The van der Waals surface area contributed by atoms with E-state index < -0.39 is 6.16 Å². The summed E-state index contributed by atoms with van der Waals surface area (Å²) < 4.78 is 20.7. The van der Waals surface area contributed by atoms with Crippen LogP contribution >= 0.6 is 0 Å². The van der Waals surface area contributed by atoms with Gasteiger partial charge >= 0.3 is 12.1 Å². The maximum atomic E-state index is 11.8. The molecule has 0 aliphatic heterocycles. The van der Waals surface area contributed by atoms with Crippen molar-refractivity contribution < 1.29 is 23.4 Å². The SMILES string of the molecule is COc1ccc(-c2nc(C)c(OC(=O)Oc3ccccc3)o2)cc1. The van der Waals surface area contributed by atoms with Crippen molar-refractivity contribution in [1.82, 2.24) is 4.98 Å². The van der Waals surface area contributed by atoms with E-state index in [1.54, 1.807) is 62.6 Å². The lowest BCUT2D eigenvalue weighted by Crippen LogP contribution is -2.13. The van der Waals surface area contributed by atoms with Crippen LogP contribution in [0.2, 0.25) is 0 Å². The first-order valence-electron chi connectivity index (χ1n) is 7.22. The Hall–Kier alpha value is -3.28. The first-order chi connectivity index (χ1) is 11.7. The number of nitrogens with zero attached hydrogens (tertiary/aromatic N) is 1. The highest BCUT2D eigenvalue weighted by Crippen LogP contribution is 2.28. The van der Waals surface area contributed by atoms with E-state index in [2.05, 4.69) is 4.98 Å². The molecule has 0 amide bonds. The van der Waals surface area contributed by atoms with Gasteiger partial charge in [0.1, 0.15) is 17.2 Å². The summed E-state index contributed by atoms with van der Waals surface area (Å²) in [6, 6.07) is 15.8. The fourth-order valence-corrected chi connectivity index (χ4v) is 2.02. The first kappa shape index (κ1) is 15.6. The van der Waals surface area contributed by atoms with E-state index in [1.807, 2.05) is 6.07 Å². The van der Waals surface area contributed by atoms with Crippen LogP contribution in [0.3, 0.4) is 0 Å². The van der Waals surface area contributed by atoms with Crippen molar-refractivity contribution in [3.05, 3.63) is 60.3 Å². The lowest BCUT2D eigenvalue weighted by atomic mass is 10.2. The number of carbonyl (C=O) groups is 1. The van der Waals surface area contributed by atoms with Gasteiger partial charge in [-0.2, -0.15) is 0 Å². The average Bonchev–Trinajstić information content (AvgIpc) is 2.96. The molecule has 3 aromatic rings. The summed E-state index contributed by atoms with van der Waals surface area (Å²) in [4.78, 5) is 16.1. The number of rotatable bonds is 4. The van der Waals surface area contributed by atoms with Crippen LogP contribution in [0, 0.1) is 6.92 Å². The molecule has 0 saturated carbocycles. The van der Waals surface area contributed by atoms with Gasteiger partial charge < -0.3 is 18.6 Å². The average molecular weight is 325 g/mol. The first-order valence-corrected chi connectivity index (χ1v) is 7.22. The molecule has 0 radical (unpaired) electrons. The Balaban J connectivity index is 1.72. The van der Waals surface area contributed by atoms with E-state index in [0.29, 0.717) is 17.3 Å². The minimum absolute atomic E-state index is 0.00162. The molecule has 1 aromatic heterocycles. The van der Waals surface area contributed by atoms with Gasteiger partial charge in [0.05, 0.1) is 7.11 Å². The second-order valence-corrected chi connectivity index (χ2v) is 4.89. The van der Waals surface area contributed by atoms with Gasteiger partial charge in [-0.1, -0.05) is 18.2 Å². The minimum Gasteiger partial charge on any atom is -0.497 e. The van der Waals surface area contributed by atoms with E-state index in [4.69, 9.17) is 18.6 Å². The Bertz CT molecular complexity index is 824. The third kappa shape index (κ3) is 3.55. The van der Waals surface area contributed by atoms with Gasteiger partial charge in [0.2, 0.25) is 5.89 Å². The van der Waals surface area contributed by atoms with Crippen molar-refractivity contribution in [3.63, 3.8) is 0 Å². The number of aromatic nitrogens is 1. The lowest BCUT2D eigenvalue weighted by Gasteiger charge is -2.03. The second-order valence-electron chi connectivity index (χ2n) is 4.89. The predicted octanol–water partition coefficient (Wildman–Crippen LogP) is 4.24. The number of hydrogen-bond donors (Lipinski definition) is 0. The summed E-state index contributed by atoms with van der Waals surface area (Å²) in [6.07, 6.45) is -0.887. The Morgan fingerprint density at radius 1 is 0.958 bits per heavy atom. The molecule has 0 N–H and O–H groups in total. The molecule has 0 spiro atoms. The largest absolute Gasteiger partial charge is 0.521 e. The van der Waals surface area contributed by atoms with Crippen molar-refractivity contribution in [2.24, 2.45) is 0 Å². The fourth-order valence-electron chi connectivity index (χ4n) is 2.02. The number of ether oxygens (including phenoxy) is 3. The third-order valence-corrected chi connectivity index (χ3v) is 3.21. The molecular weight excluding hydrogens is 310 g/mol. The Kier molecular flexibility index (Phi) is 4.47. The molecule has 6 nitrogen and oxygen atoms in total. The third-order valence-electron chi connectivity index (χ3n) is 3.21. The minimum atomic E-state index is -0.887. The summed E-state index contributed by atoms with van der Waals surface area (Å²) in [6.45, 7) is 1.68. The van der Waals surface area contributed by atoms with Crippen LogP contribution in [0.1, 0.15) is 5.69 Å². The van der Waals surface area contributed by atoms with Gasteiger partial charge in [-0.15, -0.1) is 0 Å². The molecule has 6 heteroatoms. The molecule has 1 heterocycles. The zero-order valence-electron chi connectivity index (χ0n) is 13.2. The van der Waals surface area contributed by atoms with Crippen LogP contribution in [0.15, 0.2) is 59.0 Å². The monoisotopic (exact) mass is 325 g/mol. The molecule has 0 atom stereocenters. The van der Waals surface area contributed by atoms with Gasteiger partial charge in [0, 0.05) is 5.56 Å². The van der Waals surface area contributed by atoms with Gasteiger partial charge in [0.25, 0.3) is 0 Å². The quantitative estimate of drug-likeness (QED) is 0.528. The second kappa shape index (κ2) is 6.87. The van der Waals surface area contributed by atoms with Crippen LogP contribution in [0.4, 0.5) is 4.79 Å². The highest BCUT2D eigenvalue weighted by atomic mass is 16.8. The molecule has 3 rings (SSSR count). The summed E-state index contributed by atoms with van der Waals surface area (Å²) in [7, 11) is 1.59. The molecule has 0 bridgehead atoms. The molecule has 122 valence electrons. The Morgan fingerprint density at radius 2 is 1.67 bits per heavy atom. The van der Waals surface area contributed by atoms with E-state index in [9.17, 15) is 4.79 Å². The fraction of sp³-hybridized carbons (Fsp3) is 0.111. The Morgan fingerprint density at radius 3 is 2.33 bits per heavy atom. The molecule has 0 unspecified atom stereocenters. The maximum Gasteiger partial charge on any atom is 0.521 e. The van der Waals surface area contributed by atoms with E-state index in [0.717, 1.165) is 11.3 Å². The highest BCUT2D eigenvalue weighted by Gasteiger charge is 2.17. The van der Waals surface area contributed by atoms with E-state index >= 15 is 0 Å². The molecule has 0 fully saturated rings.